The minimum Gasteiger partial charge on any atom is -0.478 e. The van der Waals surface area contributed by atoms with E-state index in [4.69, 9.17) is 22.4 Å². The summed E-state index contributed by atoms with van der Waals surface area (Å²) in [6.07, 6.45) is -22.0. The number of pyridine rings is 3. The molecule has 2 atom stereocenters. The Kier molecular flexibility index (Phi) is 24.7. The zero-order valence-corrected chi connectivity index (χ0v) is 57.3. The molecule has 1 amide bonds. The number of Topliss-reactive ketones (excluding diaryl/α,β-unsaturated/α-hetero) is 1. The van der Waals surface area contributed by atoms with Gasteiger partial charge in [-0.15, -0.1) is 0 Å². The Morgan fingerprint density at radius 2 is 0.883 bits per heavy atom. The van der Waals surface area contributed by atoms with Crippen molar-refractivity contribution < 1.29 is 111 Å². The van der Waals surface area contributed by atoms with Crippen LogP contribution < -0.4 is 30.3 Å². The molecule has 103 heavy (non-hydrogen) atoms. The van der Waals surface area contributed by atoms with Crippen molar-refractivity contribution in [2.45, 2.75) is 103 Å². The molecular formula is C66H63ClF17N9O8S2. The number of carboxylic acids is 1. The van der Waals surface area contributed by atoms with E-state index in [0.29, 0.717) is 27.6 Å². The number of nitrogens with zero attached hydrogens (tertiary/aromatic N) is 5. The first kappa shape index (κ1) is 81.4. The Balaban J connectivity index is 0.000000208. The number of hydrogen-bond acceptors (Lipinski definition) is 13. The number of carbonyl (C=O) groups is 3. The number of anilines is 4. The van der Waals surface area contributed by atoms with Gasteiger partial charge in [-0.2, -0.15) is 65.9 Å². The van der Waals surface area contributed by atoms with E-state index in [2.05, 4.69) is 29.7 Å². The van der Waals surface area contributed by atoms with Crippen molar-refractivity contribution in [1.29, 1.82) is 0 Å². The summed E-state index contributed by atoms with van der Waals surface area (Å²) in [4.78, 5) is 49.0. The summed E-state index contributed by atoms with van der Waals surface area (Å²) in [7, 11) is -7.06. The lowest BCUT2D eigenvalue weighted by Gasteiger charge is -2.35. The number of fused-ring (bicyclic) bond motifs is 3. The van der Waals surface area contributed by atoms with E-state index in [1.54, 1.807) is 26.8 Å². The predicted molar refractivity (Wildman–Crippen MR) is 352 cm³/mol. The smallest absolute Gasteiger partial charge is 0.433 e. The van der Waals surface area contributed by atoms with Gasteiger partial charge in [-0.25, -0.2) is 45.4 Å². The van der Waals surface area contributed by atoms with E-state index in [0.717, 1.165) is 48.9 Å². The van der Waals surface area contributed by atoms with Crippen LogP contribution in [0.2, 0.25) is 5.02 Å². The third kappa shape index (κ3) is 21.4. The van der Waals surface area contributed by atoms with Gasteiger partial charge < -0.3 is 26.0 Å². The molecule has 0 bridgehead atoms. The van der Waals surface area contributed by atoms with Crippen molar-refractivity contribution >= 4 is 105 Å². The molecule has 0 spiro atoms. The molecule has 10 rings (SSSR count). The van der Waals surface area contributed by atoms with Crippen LogP contribution in [0.1, 0.15) is 129 Å². The van der Waals surface area contributed by atoms with Gasteiger partial charge in [0, 0.05) is 82.0 Å². The van der Waals surface area contributed by atoms with Crippen molar-refractivity contribution in [1.82, 2.24) is 20.3 Å². The molecule has 0 radical (unpaired) electrons. The van der Waals surface area contributed by atoms with Crippen LogP contribution >= 0.6 is 11.6 Å². The summed E-state index contributed by atoms with van der Waals surface area (Å²) < 4.78 is 274. The third-order valence-corrected chi connectivity index (χ3v) is 17.8. The van der Waals surface area contributed by atoms with Crippen LogP contribution in [0.4, 0.5) is 97.4 Å². The maximum atomic E-state index is 14.8. The van der Waals surface area contributed by atoms with Crippen molar-refractivity contribution in [3.05, 3.63) is 170 Å². The summed E-state index contributed by atoms with van der Waals surface area (Å²) in [6, 6.07) is 17.5. The number of ketones is 1. The molecule has 8 aromatic rings. The molecule has 37 heteroatoms. The Bertz CT molecular complexity index is 4760. The van der Waals surface area contributed by atoms with E-state index in [-0.39, 0.29) is 129 Å². The highest BCUT2D eigenvalue weighted by Crippen LogP contribution is 2.43. The summed E-state index contributed by atoms with van der Waals surface area (Å²) in [5, 5.41) is 12.3. The summed E-state index contributed by atoms with van der Waals surface area (Å²) in [5.74, 6) is -6.50. The molecule has 3 aromatic heterocycles. The number of amides is 1. The Morgan fingerprint density at radius 3 is 1.25 bits per heavy atom. The molecule has 5 aromatic carbocycles. The fraction of sp³-hybridized carbons (Fsp3) is 0.364. The van der Waals surface area contributed by atoms with Crippen LogP contribution in [0.25, 0.3) is 32.7 Å². The van der Waals surface area contributed by atoms with Crippen LogP contribution in [0.15, 0.2) is 97.1 Å². The lowest BCUT2D eigenvalue weighted by Crippen LogP contribution is -2.39. The van der Waals surface area contributed by atoms with Gasteiger partial charge in [0.05, 0.1) is 68.9 Å². The number of carbonyl (C=O) groups excluding carboxylic acids is 2. The molecule has 6 N–H and O–H groups in total. The lowest BCUT2D eigenvalue weighted by atomic mass is 9.95. The molecule has 0 unspecified atom stereocenters. The van der Waals surface area contributed by atoms with Crippen LogP contribution in [-0.4, -0.2) is 106 Å². The van der Waals surface area contributed by atoms with Crippen LogP contribution in [0.5, 0.6) is 0 Å². The van der Waals surface area contributed by atoms with Crippen LogP contribution in [0, 0.1) is 37.3 Å². The quantitative estimate of drug-likeness (QED) is 0.0564. The molecule has 0 saturated carbocycles. The SMILES string of the molecule is CC(=O)c1ccc2nc(C(F)(F)F)cc(Cl)c2c1.Cc1cc([C@@H](C)N)c(F)cc1NS(C)(=O)=O.Cc1cc([C@@H](C)NC(=O)c2ccc3nc(C(F)(F)F)cc(N4CCC(C(F)(F)F)CC4)c3c2)c(F)cc1NS(C)(=O)=O.O=C(O)c1ccc2nc(C(F)(F)F)cc(N3CCC(C(F)(F)F)CC3)c2c1. The highest BCUT2D eigenvalue weighted by atomic mass is 35.5. The Hall–Kier alpha value is -8.90. The minimum atomic E-state index is -4.81. The van der Waals surface area contributed by atoms with Gasteiger partial charge in [0.25, 0.3) is 5.91 Å². The van der Waals surface area contributed by atoms with E-state index in [1.165, 1.54) is 78.2 Å². The van der Waals surface area contributed by atoms with Crippen LogP contribution in [-0.2, 0) is 38.6 Å². The van der Waals surface area contributed by atoms with Crippen molar-refractivity contribution in [2.75, 3.05) is 57.9 Å². The van der Waals surface area contributed by atoms with Crippen LogP contribution in [0.3, 0.4) is 0 Å². The molecular weight excluding hydrogens is 1470 g/mol. The largest absolute Gasteiger partial charge is 0.478 e. The molecule has 5 heterocycles. The summed E-state index contributed by atoms with van der Waals surface area (Å²) in [6.45, 7) is 7.32. The predicted octanol–water partition coefficient (Wildman–Crippen LogP) is 16.7. The molecule has 17 nitrogen and oxygen atoms in total. The molecule has 2 aliphatic rings. The van der Waals surface area contributed by atoms with E-state index in [9.17, 15) is 106 Å². The van der Waals surface area contributed by atoms with Gasteiger partial charge in [-0.3, -0.25) is 19.0 Å². The number of rotatable bonds is 12. The van der Waals surface area contributed by atoms with Crippen molar-refractivity contribution in [3.63, 3.8) is 0 Å². The number of alkyl halides is 15. The number of aryl methyl sites for hydroxylation is 2. The number of nitrogens with two attached hydrogens (primary N) is 1. The fourth-order valence-electron chi connectivity index (χ4n) is 11.0. The van der Waals surface area contributed by atoms with Gasteiger partial charge in [0.15, 0.2) is 5.78 Å². The maximum absolute atomic E-state index is 14.8. The molecule has 558 valence electrons. The molecule has 2 fully saturated rings. The maximum Gasteiger partial charge on any atom is 0.433 e. The first-order chi connectivity index (χ1) is 47.3. The van der Waals surface area contributed by atoms with Gasteiger partial charge >= 0.3 is 36.9 Å². The number of hydrogen-bond donors (Lipinski definition) is 5. The number of benzene rings is 5. The Morgan fingerprint density at radius 1 is 0.534 bits per heavy atom. The van der Waals surface area contributed by atoms with Crippen molar-refractivity contribution in [3.8, 4) is 0 Å². The number of piperidine rings is 2. The summed E-state index contributed by atoms with van der Waals surface area (Å²) >= 11 is 5.79. The van der Waals surface area contributed by atoms with Crippen molar-refractivity contribution in [2.24, 2.45) is 17.6 Å². The highest BCUT2D eigenvalue weighted by molar-refractivity contribution is 7.92. The number of halogens is 18. The molecule has 2 saturated heterocycles. The van der Waals surface area contributed by atoms with E-state index < -0.39 is 115 Å². The first-order valence-corrected chi connectivity index (χ1v) is 34.7. The van der Waals surface area contributed by atoms with Gasteiger partial charge in [0.2, 0.25) is 20.0 Å². The zero-order valence-electron chi connectivity index (χ0n) is 54.9. The highest BCUT2D eigenvalue weighted by Gasteiger charge is 2.44. The second kappa shape index (κ2) is 31.2. The van der Waals surface area contributed by atoms with Gasteiger partial charge in [0.1, 0.15) is 28.7 Å². The number of nitrogens with one attached hydrogen (secondary N) is 3. The van der Waals surface area contributed by atoms with Gasteiger partial charge in [-0.05, 0) is 168 Å². The monoisotopic (exact) mass is 1530 g/mol. The average molecular weight is 1530 g/mol. The Labute approximate surface area is 582 Å². The minimum absolute atomic E-state index is 0.00582. The average Bonchev–Trinajstić information content (AvgIpc) is 0.761. The third-order valence-electron chi connectivity index (χ3n) is 16.3. The number of sulfonamides is 2. The first-order valence-electron chi connectivity index (χ1n) is 30.5. The number of aromatic nitrogens is 3. The van der Waals surface area contributed by atoms with E-state index >= 15 is 0 Å². The second-order valence-corrected chi connectivity index (χ2v) is 28.2. The molecule has 0 aliphatic carbocycles. The normalized spacial score (nSPS) is 15.1. The zero-order chi connectivity index (χ0) is 77.2. The number of carboxylic acid groups (broad SMARTS) is 1. The fourth-order valence-corrected chi connectivity index (χ4v) is 12.5. The lowest BCUT2D eigenvalue weighted by molar-refractivity contribution is -0.179. The topological polar surface area (TPSA) is 247 Å². The standard InChI is InChI=1S/C27H27F7N4O3S.C17H14F6N2O2.C12H7ClF3NO.C10H15FN2O2S/c1-14-10-18(20(28)12-22(14)37-42(3,40)41)15(2)35-25(39)16-4-5-21-19(11-16)23(13-24(36-21)27(32,33)34)38-8-6-17(7-9-38)26(29,30)31;18-16(19,20)10-3-5-25(6-4-10)13-8-14(17(21,22)23)24-12-2-1-9(15(26)27)7-11(12)13;1-6(18)7-2-3-10-8(4-7)9(13)5-11(17-10)12(14,15)16;1-6-4-8(7(2)12)9(11)5-10(6)13-16(3,14)15/h4-5,10-13,15,17,37H,6-9H2,1-3H3,(H,35,39);1-2,7-8,10H,3-6H2,(H,26,27);2-5H,1H3;4-5,7,13H,12H2,1-3H3/t15-;;;7-/m1..1/s1. The molecule has 2 aliphatic heterocycles. The summed E-state index contributed by atoms with van der Waals surface area (Å²) in [5.41, 5.74) is 4.12. The second-order valence-electron chi connectivity index (χ2n) is 24.3. The van der Waals surface area contributed by atoms with Gasteiger partial charge in [-0.1, -0.05) is 11.6 Å². The van der Waals surface area contributed by atoms with E-state index in [1.807, 2.05) is 0 Å². The number of aromatic carboxylic acids is 1.